The Morgan fingerprint density at radius 1 is 1.38 bits per heavy atom. The normalized spacial score (nSPS) is 18.6. The molecule has 1 spiro atoms. The van der Waals surface area contributed by atoms with Crippen LogP contribution in [0.1, 0.15) is 24.9 Å². The molecule has 2 aromatic carbocycles. The molecule has 2 aliphatic heterocycles. The fourth-order valence-corrected chi connectivity index (χ4v) is 5.39. The number of aromatic nitrogens is 2. The minimum absolute atomic E-state index is 0.0903. The predicted molar refractivity (Wildman–Crippen MR) is 133 cm³/mol. The zero-order chi connectivity index (χ0) is 26.4. The summed E-state index contributed by atoms with van der Waals surface area (Å²) in [6.45, 7) is 3.73. The Morgan fingerprint density at radius 2 is 2.16 bits per heavy atom. The molecule has 0 bridgehead atoms. The smallest absolute Gasteiger partial charge is 0.301 e. The molecule has 0 aliphatic carbocycles. The molecule has 0 saturated carbocycles. The van der Waals surface area contributed by atoms with Gasteiger partial charge in [0.15, 0.2) is 11.6 Å². The van der Waals surface area contributed by atoms with E-state index in [4.69, 9.17) is 9.47 Å². The van der Waals surface area contributed by atoms with E-state index < -0.39 is 21.8 Å². The summed E-state index contributed by atoms with van der Waals surface area (Å²) in [4.78, 5) is 17.7. The second-order valence-corrected chi connectivity index (χ2v) is 10.9. The molecule has 2 saturated heterocycles. The average molecular weight is 529 g/mol. The first kappa shape index (κ1) is 25.1. The average Bonchev–Trinajstić information content (AvgIpc) is 3.32. The topological polar surface area (TPSA) is 139 Å². The second kappa shape index (κ2) is 9.38. The molecule has 3 heterocycles. The Labute approximate surface area is 212 Å². The van der Waals surface area contributed by atoms with Crippen LogP contribution in [0, 0.1) is 17.1 Å². The third-order valence-electron chi connectivity index (χ3n) is 6.77. The third kappa shape index (κ3) is 4.53. The van der Waals surface area contributed by atoms with Gasteiger partial charge in [0.05, 0.1) is 41.2 Å². The number of anilines is 1. The minimum Gasteiger partial charge on any atom is -0.453 e. The van der Waals surface area contributed by atoms with Crippen LogP contribution in [0.4, 0.5) is 10.1 Å². The summed E-state index contributed by atoms with van der Waals surface area (Å²) in [6.07, 6.45) is 2.19. The lowest BCUT2D eigenvalue weighted by molar-refractivity contribution is -0.0362. The van der Waals surface area contributed by atoms with Gasteiger partial charge >= 0.3 is 10.2 Å². The van der Waals surface area contributed by atoms with Crippen LogP contribution in [-0.4, -0.2) is 61.2 Å². The van der Waals surface area contributed by atoms with Crippen molar-refractivity contribution < 1.29 is 22.3 Å². The Hall–Kier alpha value is -3.57. The second-order valence-electron chi connectivity index (χ2n) is 9.13. The molecule has 2 N–H and O–H groups in total. The van der Waals surface area contributed by atoms with Crippen LogP contribution in [0.2, 0.25) is 0 Å². The summed E-state index contributed by atoms with van der Waals surface area (Å²) in [7, 11) is -2.60. The number of nitrogens with zero attached hydrogens (tertiary/aromatic N) is 4. The molecule has 2 fully saturated rings. The van der Waals surface area contributed by atoms with Gasteiger partial charge in [0.1, 0.15) is 17.4 Å². The molecule has 1 atom stereocenters. The molecule has 3 aromatic rings. The molecule has 5 rings (SSSR count). The number of rotatable bonds is 7. The van der Waals surface area contributed by atoms with E-state index in [0.29, 0.717) is 18.5 Å². The first-order valence-corrected chi connectivity index (χ1v) is 13.1. The van der Waals surface area contributed by atoms with Gasteiger partial charge in [-0.25, -0.2) is 9.37 Å². The molecule has 194 valence electrons. The molecule has 0 radical (unpaired) electrons. The van der Waals surface area contributed by atoms with Gasteiger partial charge in [0, 0.05) is 33.1 Å². The largest absolute Gasteiger partial charge is 0.453 e. The standard InChI is InChI=1S/C24H25FN6O5S/c1-3-30(2)37(33,34)29-21-7-5-19(25)22(18(21)10-26)36-16-4-6-20-17(8-16)23(32)31(14-28-20)15-9-24(35-11-15)12-27-13-24/h4-8,14-15,27,29H,3,9,11-13H2,1-2H3/t15-/m0/s1. The van der Waals surface area contributed by atoms with Crippen molar-refractivity contribution in [3.8, 4) is 17.6 Å². The fourth-order valence-electron chi connectivity index (χ4n) is 4.45. The van der Waals surface area contributed by atoms with Gasteiger partial charge in [-0.3, -0.25) is 14.1 Å². The quantitative estimate of drug-likeness (QED) is 0.476. The summed E-state index contributed by atoms with van der Waals surface area (Å²) in [5.41, 5.74) is -0.576. The van der Waals surface area contributed by atoms with Crippen LogP contribution in [0.15, 0.2) is 41.5 Å². The van der Waals surface area contributed by atoms with E-state index >= 15 is 0 Å². The lowest BCUT2D eigenvalue weighted by atomic mass is 9.92. The van der Waals surface area contributed by atoms with Gasteiger partial charge in [-0.15, -0.1) is 0 Å². The van der Waals surface area contributed by atoms with Crippen molar-refractivity contribution in [2.24, 2.45) is 0 Å². The summed E-state index contributed by atoms with van der Waals surface area (Å²) < 4.78 is 56.2. The number of hydrogen-bond donors (Lipinski definition) is 2. The van der Waals surface area contributed by atoms with Crippen LogP contribution < -0.4 is 20.3 Å². The van der Waals surface area contributed by atoms with Crippen LogP contribution in [0.25, 0.3) is 10.9 Å². The van der Waals surface area contributed by atoms with E-state index in [1.807, 2.05) is 6.07 Å². The number of nitrogens with one attached hydrogen (secondary N) is 2. The summed E-state index contributed by atoms with van der Waals surface area (Å²) in [6, 6.07) is 8.29. The van der Waals surface area contributed by atoms with Gasteiger partial charge in [0.2, 0.25) is 0 Å². The van der Waals surface area contributed by atoms with E-state index in [1.165, 1.54) is 25.5 Å². The van der Waals surface area contributed by atoms with Gasteiger partial charge < -0.3 is 14.8 Å². The summed E-state index contributed by atoms with van der Waals surface area (Å²) >= 11 is 0. The van der Waals surface area contributed by atoms with Crippen LogP contribution in [-0.2, 0) is 14.9 Å². The van der Waals surface area contributed by atoms with Crippen molar-refractivity contribution in [3.05, 3.63) is 58.4 Å². The molecule has 2 aliphatic rings. The molecule has 1 aromatic heterocycles. The van der Waals surface area contributed by atoms with Crippen LogP contribution >= 0.6 is 0 Å². The Bertz CT molecular complexity index is 1580. The Kier molecular flexibility index (Phi) is 6.36. The van der Waals surface area contributed by atoms with Crippen LogP contribution in [0.3, 0.4) is 0 Å². The van der Waals surface area contributed by atoms with E-state index in [-0.39, 0.29) is 46.1 Å². The molecule has 0 amide bonds. The van der Waals surface area contributed by atoms with Crippen molar-refractivity contribution in [2.75, 3.05) is 38.0 Å². The monoisotopic (exact) mass is 528 g/mol. The minimum atomic E-state index is -3.96. The first-order chi connectivity index (χ1) is 17.7. The Balaban J connectivity index is 1.48. The van der Waals surface area contributed by atoms with E-state index in [0.717, 1.165) is 29.5 Å². The fraction of sp³-hybridized carbons (Fsp3) is 0.375. The molecular formula is C24H25FN6O5S. The lowest BCUT2D eigenvalue weighted by Gasteiger charge is -2.38. The summed E-state index contributed by atoms with van der Waals surface area (Å²) in [5.74, 6) is -1.24. The maximum absolute atomic E-state index is 14.8. The van der Waals surface area contributed by atoms with Gasteiger partial charge in [-0.1, -0.05) is 6.92 Å². The van der Waals surface area contributed by atoms with Crippen molar-refractivity contribution in [3.63, 3.8) is 0 Å². The molecule has 37 heavy (non-hydrogen) atoms. The van der Waals surface area contributed by atoms with Crippen molar-refractivity contribution in [2.45, 2.75) is 25.0 Å². The first-order valence-electron chi connectivity index (χ1n) is 11.7. The zero-order valence-corrected chi connectivity index (χ0v) is 21.0. The molecule has 11 nitrogen and oxygen atoms in total. The number of ether oxygens (including phenoxy) is 2. The highest BCUT2D eigenvalue weighted by atomic mass is 32.2. The maximum atomic E-state index is 14.8. The summed E-state index contributed by atoms with van der Waals surface area (Å²) in [5, 5.41) is 13.2. The van der Waals surface area contributed by atoms with Gasteiger partial charge in [-0.05, 0) is 30.3 Å². The molecule has 0 unspecified atom stereocenters. The van der Waals surface area contributed by atoms with Crippen LogP contribution in [0.5, 0.6) is 11.5 Å². The number of fused-ring (bicyclic) bond motifs is 1. The number of nitriles is 1. The van der Waals surface area contributed by atoms with Crippen molar-refractivity contribution in [1.29, 1.82) is 5.26 Å². The van der Waals surface area contributed by atoms with Crippen molar-refractivity contribution in [1.82, 2.24) is 19.2 Å². The number of halogens is 1. The maximum Gasteiger partial charge on any atom is 0.301 e. The lowest BCUT2D eigenvalue weighted by Crippen LogP contribution is -2.59. The van der Waals surface area contributed by atoms with E-state index in [1.54, 1.807) is 17.6 Å². The number of hydrogen-bond acceptors (Lipinski definition) is 8. The van der Waals surface area contributed by atoms with E-state index in [9.17, 15) is 22.9 Å². The molecular weight excluding hydrogens is 503 g/mol. The highest BCUT2D eigenvalue weighted by molar-refractivity contribution is 7.90. The van der Waals surface area contributed by atoms with Gasteiger partial charge in [0.25, 0.3) is 5.56 Å². The highest BCUT2D eigenvalue weighted by Gasteiger charge is 2.46. The SMILES string of the molecule is CCN(C)S(=O)(=O)Nc1ccc(F)c(Oc2ccc3ncn([C@@H]4COC5(CNC5)C4)c(=O)c3c2)c1C#N. The van der Waals surface area contributed by atoms with Gasteiger partial charge in [-0.2, -0.15) is 18.0 Å². The van der Waals surface area contributed by atoms with E-state index in [2.05, 4.69) is 15.0 Å². The third-order valence-corrected chi connectivity index (χ3v) is 8.32. The number of benzene rings is 2. The highest BCUT2D eigenvalue weighted by Crippen LogP contribution is 2.36. The molecule has 13 heteroatoms. The predicted octanol–water partition coefficient (Wildman–Crippen LogP) is 2.11. The Morgan fingerprint density at radius 3 is 2.81 bits per heavy atom. The zero-order valence-electron chi connectivity index (χ0n) is 20.2. The van der Waals surface area contributed by atoms with Crippen molar-refractivity contribution >= 4 is 26.8 Å².